The van der Waals surface area contributed by atoms with E-state index in [1.807, 2.05) is 0 Å². The predicted octanol–water partition coefficient (Wildman–Crippen LogP) is 1.72. The van der Waals surface area contributed by atoms with E-state index in [-0.39, 0.29) is 5.88 Å². The Labute approximate surface area is 68.4 Å². The van der Waals surface area contributed by atoms with Gasteiger partial charge in [-0.2, -0.15) is 13.8 Å². The van der Waals surface area contributed by atoms with Crippen LogP contribution in [0, 0.1) is 0 Å². The first kappa shape index (κ1) is 8.70. The number of nitrogens with one attached hydrogen (secondary N) is 1. The summed E-state index contributed by atoms with van der Waals surface area (Å²) in [6, 6.07) is 4.60. The minimum Gasteiger partial charge on any atom is -0.417 e. The Bertz CT molecular complexity index is 255. The normalized spacial score (nSPS) is 10.0. The Kier molecular flexibility index (Phi) is 2.79. The lowest BCUT2D eigenvalue weighted by Gasteiger charge is -2.04. The summed E-state index contributed by atoms with van der Waals surface area (Å²) >= 11 is 0. The number of halogens is 2. The van der Waals surface area contributed by atoms with Crippen LogP contribution >= 0.6 is 0 Å². The molecule has 66 valence electrons. The van der Waals surface area contributed by atoms with Crippen molar-refractivity contribution in [1.82, 2.24) is 4.98 Å². The summed E-state index contributed by atoms with van der Waals surface area (Å²) in [5, 5.41) is 2.70. The fraction of sp³-hybridized carbons (Fsp3) is 0.286. The van der Waals surface area contributed by atoms with Crippen LogP contribution in [0.1, 0.15) is 0 Å². The van der Waals surface area contributed by atoms with Crippen LogP contribution in [-0.2, 0) is 0 Å². The fourth-order valence-electron chi connectivity index (χ4n) is 0.711. The molecular formula is C7H8F2N2O. The quantitative estimate of drug-likeness (QED) is 0.757. The second-order valence-corrected chi connectivity index (χ2v) is 1.99. The summed E-state index contributed by atoms with van der Waals surface area (Å²) in [5.74, 6) is 0.407. The van der Waals surface area contributed by atoms with Crippen molar-refractivity contribution in [1.29, 1.82) is 0 Å². The first-order valence-electron chi connectivity index (χ1n) is 3.32. The van der Waals surface area contributed by atoms with Crippen molar-refractivity contribution < 1.29 is 13.5 Å². The largest absolute Gasteiger partial charge is 0.417 e. The van der Waals surface area contributed by atoms with Gasteiger partial charge in [-0.1, -0.05) is 6.07 Å². The second-order valence-electron chi connectivity index (χ2n) is 1.99. The second kappa shape index (κ2) is 3.85. The van der Waals surface area contributed by atoms with Crippen molar-refractivity contribution in [3.8, 4) is 5.88 Å². The molecule has 1 N–H and O–H groups in total. The number of nitrogens with zero attached hydrogens (tertiary/aromatic N) is 1. The number of ether oxygens (including phenoxy) is 1. The van der Waals surface area contributed by atoms with Gasteiger partial charge in [0.1, 0.15) is 5.82 Å². The van der Waals surface area contributed by atoms with Crippen molar-refractivity contribution in [2.75, 3.05) is 12.4 Å². The zero-order valence-electron chi connectivity index (χ0n) is 6.42. The molecule has 0 atom stereocenters. The molecule has 3 nitrogen and oxygen atoms in total. The molecule has 0 aliphatic heterocycles. The van der Waals surface area contributed by atoms with E-state index >= 15 is 0 Å². The van der Waals surface area contributed by atoms with Gasteiger partial charge in [-0.3, -0.25) is 0 Å². The van der Waals surface area contributed by atoms with E-state index in [4.69, 9.17) is 0 Å². The maximum Gasteiger partial charge on any atom is 0.388 e. The molecule has 0 saturated carbocycles. The van der Waals surface area contributed by atoms with E-state index in [9.17, 15) is 8.78 Å². The molecule has 0 spiro atoms. The van der Waals surface area contributed by atoms with Crippen molar-refractivity contribution in [3.05, 3.63) is 18.2 Å². The molecule has 1 rings (SSSR count). The highest BCUT2D eigenvalue weighted by Crippen LogP contribution is 2.12. The van der Waals surface area contributed by atoms with Gasteiger partial charge in [0.25, 0.3) is 0 Å². The highest BCUT2D eigenvalue weighted by atomic mass is 19.3. The molecule has 1 aromatic heterocycles. The van der Waals surface area contributed by atoms with Gasteiger partial charge in [-0.05, 0) is 6.07 Å². The Morgan fingerprint density at radius 3 is 2.83 bits per heavy atom. The van der Waals surface area contributed by atoms with Crippen LogP contribution < -0.4 is 10.1 Å². The molecule has 0 bridgehead atoms. The highest BCUT2D eigenvalue weighted by Gasteiger charge is 2.04. The lowest BCUT2D eigenvalue weighted by molar-refractivity contribution is -0.0527. The van der Waals surface area contributed by atoms with E-state index in [1.54, 1.807) is 19.2 Å². The van der Waals surface area contributed by atoms with Crippen LogP contribution in [0.15, 0.2) is 18.2 Å². The Hall–Kier alpha value is -1.39. The van der Waals surface area contributed by atoms with Crippen molar-refractivity contribution in [2.24, 2.45) is 0 Å². The van der Waals surface area contributed by atoms with Gasteiger partial charge in [0.2, 0.25) is 5.88 Å². The van der Waals surface area contributed by atoms with Crippen LogP contribution in [0.4, 0.5) is 14.6 Å². The van der Waals surface area contributed by atoms with Gasteiger partial charge in [-0.25, -0.2) is 0 Å². The molecule has 5 heteroatoms. The van der Waals surface area contributed by atoms with Crippen LogP contribution in [0.25, 0.3) is 0 Å². The third kappa shape index (κ3) is 2.34. The summed E-state index contributed by atoms with van der Waals surface area (Å²) < 4.78 is 27.4. The summed E-state index contributed by atoms with van der Waals surface area (Å²) in [6.45, 7) is -2.83. The molecule has 1 heterocycles. The average Bonchev–Trinajstić information content (AvgIpc) is 2.03. The minimum atomic E-state index is -2.83. The first-order chi connectivity index (χ1) is 5.72. The van der Waals surface area contributed by atoms with E-state index in [2.05, 4.69) is 15.0 Å². The SMILES string of the molecule is CNc1cccc(OC(F)F)n1. The average molecular weight is 174 g/mol. The van der Waals surface area contributed by atoms with Gasteiger partial charge in [0.05, 0.1) is 0 Å². The smallest absolute Gasteiger partial charge is 0.388 e. The summed E-state index contributed by atoms with van der Waals surface area (Å²) in [7, 11) is 1.65. The standard InChI is InChI=1S/C7H8F2N2O/c1-10-5-3-2-4-6(11-5)12-7(8)9/h2-4,7H,1H3,(H,10,11). The van der Waals surface area contributed by atoms with E-state index in [0.717, 1.165) is 0 Å². The molecule has 0 radical (unpaired) electrons. The number of aromatic nitrogens is 1. The minimum absolute atomic E-state index is 0.0862. The van der Waals surface area contributed by atoms with E-state index < -0.39 is 6.61 Å². The lowest BCUT2D eigenvalue weighted by Crippen LogP contribution is -2.04. The Morgan fingerprint density at radius 2 is 2.25 bits per heavy atom. The molecule has 12 heavy (non-hydrogen) atoms. The van der Waals surface area contributed by atoms with E-state index in [0.29, 0.717) is 5.82 Å². The summed E-state index contributed by atoms with van der Waals surface area (Å²) in [5.41, 5.74) is 0. The van der Waals surface area contributed by atoms with E-state index in [1.165, 1.54) is 6.07 Å². The summed E-state index contributed by atoms with van der Waals surface area (Å²) in [6.07, 6.45) is 0. The number of rotatable bonds is 3. The number of alkyl halides is 2. The van der Waals surface area contributed by atoms with Crippen molar-refractivity contribution >= 4 is 5.82 Å². The fourth-order valence-corrected chi connectivity index (χ4v) is 0.711. The van der Waals surface area contributed by atoms with Gasteiger partial charge in [-0.15, -0.1) is 0 Å². The Morgan fingerprint density at radius 1 is 1.50 bits per heavy atom. The molecule has 0 aliphatic rings. The van der Waals surface area contributed by atoms with Crippen molar-refractivity contribution in [3.63, 3.8) is 0 Å². The molecule has 1 aromatic rings. The van der Waals surface area contributed by atoms with Crippen molar-refractivity contribution in [2.45, 2.75) is 6.61 Å². The predicted molar refractivity (Wildman–Crippen MR) is 40.4 cm³/mol. The molecule has 0 aromatic carbocycles. The maximum absolute atomic E-state index is 11.7. The number of hydrogen-bond donors (Lipinski definition) is 1. The molecule has 0 amide bonds. The molecule has 0 fully saturated rings. The number of pyridine rings is 1. The zero-order chi connectivity index (χ0) is 8.97. The topological polar surface area (TPSA) is 34.1 Å². The summed E-state index contributed by atoms with van der Waals surface area (Å²) in [4.78, 5) is 3.72. The first-order valence-corrected chi connectivity index (χ1v) is 3.32. The monoisotopic (exact) mass is 174 g/mol. The van der Waals surface area contributed by atoms with Crippen LogP contribution in [0.2, 0.25) is 0 Å². The zero-order valence-corrected chi connectivity index (χ0v) is 6.42. The van der Waals surface area contributed by atoms with Gasteiger partial charge in [0.15, 0.2) is 0 Å². The maximum atomic E-state index is 11.7. The van der Waals surface area contributed by atoms with Gasteiger partial charge in [0, 0.05) is 13.1 Å². The van der Waals surface area contributed by atoms with Crippen LogP contribution in [0.3, 0.4) is 0 Å². The molecular weight excluding hydrogens is 166 g/mol. The third-order valence-corrected chi connectivity index (χ3v) is 1.19. The van der Waals surface area contributed by atoms with Gasteiger partial charge < -0.3 is 10.1 Å². The molecule has 0 saturated heterocycles. The highest BCUT2D eigenvalue weighted by molar-refractivity contribution is 5.35. The van der Waals surface area contributed by atoms with Gasteiger partial charge >= 0.3 is 6.61 Å². The lowest BCUT2D eigenvalue weighted by atomic mass is 10.4. The van der Waals surface area contributed by atoms with Crippen LogP contribution in [-0.4, -0.2) is 18.6 Å². The number of hydrogen-bond acceptors (Lipinski definition) is 3. The number of anilines is 1. The third-order valence-electron chi connectivity index (χ3n) is 1.19. The molecule has 0 unspecified atom stereocenters. The molecule has 0 aliphatic carbocycles. The Balaban J connectivity index is 2.72. The van der Waals surface area contributed by atoms with Crippen LogP contribution in [0.5, 0.6) is 5.88 Å².